The standard InChI is InChI=1S/C11H13N5O2/c12-9-1-2-11(18)16(6-9)7-10(17)13-3-8-4-14-15-5-8/h1-2,4-6H,3,7,12H2,(H,13,17)(H,14,15). The van der Waals surface area contributed by atoms with Gasteiger partial charge >= 0.3 is 0 Å². The number of nitrogens with two attached hydrogens (primary N) is 1. The number of nitrogen functional groups attached to an aromatic ring is 1. The Balaban J connectivity index is 1.95. The maximum Gasteiger partial charge on any atom is 0.251 e. The van der Waals surface area contributed by atoms with Crippen LogP contribution in [0.2, 0.25) is 0 Å². The third-order valence-electron chi connectivity index (χ3n) is 2.36. The highest BCUT2D eigenvalue weighted by atomic mass is 16.2. The Hall–Kier alpha value is -2.57. The predicted octanol–water partition coefficient (Wildman–Crippen LogP) is -0.530. The Kier molecular flexibility index (Phi) is 3.42. The first-order chi connectivity index (χ1) is 8.65. The lowest BCUT2D eigenvalue weighted by atomic mass is 10.3. The molecule has 7 heteroatoms. The van der Waals surface area contributed by atoms with Crippen LogP contribution in [0, 0.1) is 0 Å². The molecule has 0 aromatic carbocycles. The third kappa shape index (κ3) is 2.97. The van der Waals surface area contributed by atoms with Crippen molar-refractivity contribution in [2.24, 2.45) is 0 Å². The molecular weight excluding hydrogens is 234 g/mol. The van der Waals surface area contributed by atoms with Gasteiger partial charge in [0.05, 0.1) is 6.20 Å². The van der Waals surface area contributed by atoms with E-state index in [4.69, 9.17) is 5.73 Å². The molecule has 2 rings (SSSR count). The van der Waals surface area contributed by atoms with Crippen molar-refractivity contribution in [2.75, 3.05) is 5.73 Å². The van der Waals surface area contributed by atoms with E-state index in [-0.39, 0.29) is 18.0 Å². The lowest BCUT2D eigenvalue weighted by Gasteiger charge is -2.06. The Morgan fingerprint density at radius 3 is 3.06 bits per heavy atom. The van der Waals surface area contributed by atoms with Crippen LogP contribution in [-0.2, 0) is 17.9 Å². The number of nitrogens with one attached hydrogen (secondary N) is 2. The molecule has 2 heterocycles. The molecule has 0 saturated heterocycles. The van der Waals surface area contributed by atoms with Crippen LogP contribution in [0.1, 0.15) is 5.56 Å². The van der Waals surface area contributed by atoms with Crippen molar-refractivity contribution in [3.63, 3.8) is 0 Å². The number of pyridine rings is 1. The Morgan fingerprint density at radius 1 is 1.50 bits per heavy atom. The smallest absolute Gasteiger partial charge is 0.251 e. The van der Waals surface area contributed by atoms with Gasteiger partial charge in [0.2, 0.25) is 5.91 Å². The van der Waals surface area contributed by atoms with Crippen molar-refractivity contribution in [1.82, 2.24) is 20.1 Å². The molecule has 0 radical (unpaired) electrons. The van der Waals surface area contributed by atoms with Gasteiger partial charge in [-0.1, -0.05) is 0 Å². The zero-order valence-electron chi connectivity index (χ0n) is 9.59. The van der Waals surface area contributed by atoms with Crippen molar-refractivity contribution in [3.8, 4) is 0 Å². The topological polar surface area (TPSA) is 106 Å². The number of aromatic amines is 1. The molecule has 7 nitrogen and oxygen atoms in total. The number of hydrogen-bond donors (Lipinski definition) is 3. The first kappa shape index (κ1) is 11.9. The molecule has 0 aliphatic carbocycles. The van der Waals surface area contributed by atoms with Crippen molar-refractivity contribution in [1.29, 1.82) is 0 Å². The SMILES string of the molecule is Nc1ccc(=O)n(CC(=O)NCc2cn[nH]c2)c1. The third-order valence-corrected chi connectivity index (χ3v) is 2.36. The van der Waals surface area contributed by atoms with Crippen molar-refractivity contribution in [2.45, 2.75) is 13.1 Å². The molecule has 0 atom stereocenters. The summed E-state index contributed by atoms with van der Waals surface area (Å²) in [5.41, 5.74) is 6.60. The summed E-state index contributed by atoms with van der Waals surface area (Å²) in [5.74, 6) is -0.260. The zero-order chi connectivity index (χ0) is 13.0. The second-order valence-electron chi connectivity index (χ2n) is 3.81. The van der Waals surface area contributed by atoms with E-state index in [1.165, 1.54) is 22.9 Å². The summed E-state index contributed by atoms with van der Waals surface area (Å²) in [6.45, 7) is 0.314. The fourth-order valence-electron chi connectivity index (χ4n) is 1.46. The molecule has 2 aromatic rings. The molecule has 0 aliphatic rings. The molecule has 2 aromatic heterocycles. The van der Waals surface area contributed by atoms with Crippen molar-refractivity contribution >= 4 is 11.6 Å². The molecule has 4 N–H and O–H groups in total. The molecule has 0 unspecified atom stereocenters. The normalized spacial score (nSPS) is 10.2. The van der Waals surface area contributed by atoms with E-state index in [2.05, 4.69) is 15.5 Å². The number of rotatable bonds is 4. The Bertz CT molecular complexity index is 588. The van der Waals surface area contributed by atoms with Crippen LogP contribution in [0.15, 0.2) is 35.5 Å². The van der Waals surface area contributed by atoms with Crippen LogP contribution in [0.3, 0.4) is 0 Å². The maximum absolute atomic E-state index is 11.6. The first-order valence-electron chi connectivity index (χ1n) is 5.35. The number of carbonyl (C=O) groups is 1. The summed E-state index contributed by atoms with van der Waals surface area (Å²) in [7, 11) is 0. The Morgan fingerprint density at radius 2 is 2.33 bits per heavy atom. The summed E-state index contributed by atoms with van der Waals surface area (Å²) in [5, 5.41) is 9.09. The highest BCUT2D eigenvalue weighted by Crippen LogP contribution is 1.96. The second-order valence-corrected chi connectivity index (χ2v) is 3.81. The molecule has 0 spiro atoms. The Labute approximate surface area is 103 Å². The fourth-order valence-corrected chi connectivity index (χ4v) is 1.46. The summed E-state index contributed by atoms with van der Waals surface area (Å²) < 4.78 is 1.26. The van der Waals surface area contributed by atoms with Crippen LogP contribution in [0.5, 0.6) is 0 Å². The monoisotopic (exact) mass is 247 g/mol. The fraction of sp³-hybridized carbons (Fsp3) is 0.182. The highest BCUT2D eigenvalue weighted by molar-refractivity contribution is 5.75. The van der Waals surface area contributed by atoms with Gasteiger partial charge in [-0.3, -0.25) is 14.7 Å². The predicted molar refractivity (Wildman–Crippen MR) is 65.5 cm³/mol. The van der Waals surface area contributed by atoms with Gasteiger partial charge in [-0.2, -0.15) is 5.10 Å². The number of amides is 1. The minimum Gasteiger partial charge on any atom is -0.398 e. The second kappa shape index (κ2) is 5.17. The molecule has 1 amide bonds. The van der Waals surface area contributed by atoms with Crippen LogP contribution in [0.4, 0.5) is 5.69 Å². The molecule has 0 bridgehead atoms. The summed E-state index contributed by atoms with van der Waals surface area (Å²) >= 11 is 0. The van der Waals surface area contributed by atoms with E-state index in [1.807, 2.05) is 0 Å². The number of carbonyl (C=O) groups excluding carboxylic acids is 1. The molecule has 0 saturated carbocycles. The quantitative estimate of drug-likeness (QED) is 0.675. The molecule has 0 fully saturated rings. The molecule has 94 valence electrons. The van der Waals surface area contributed by atoms with Gasteiger partial charge in [0.25, 0.3) is 5.56 Å². The van der Waals surface area contributed by atoms with Crippen LogP contribution in [-0.4, -0.2) is 20.7 Å². The minimum atomic E-state index is -0.261. The maximum atomic E-state index is 11.6. The van der Waals surface area contributed by atoms with Gasteiger partial charge in [-0.15, -0.1) is 0 Å². The van der Waals surface area contributed by atoms with Crippen LogP contribution >= 0.6 is 0 Å². The van der Waals surface area contributed by atoms with Gasteiger partial charge < -0.3 is 15.6 Å². The zero-order valence-corrected chi connectivity index (χ0v) is 9.59. The van der Waals surface area contributed by atoms with Gasteiger partial charge in [0.15, 0.2) is 0 Å². The highest BCUT2D eigenvalue weighted by Gasteiger charge is 2.04. The van der Waals surface area contributed by atoms with E-state index in [0.717, 1.165) is 5.56 Å². The summed E-state index contributed by atoms with van der Waals surface area (Å²) in [4.78, 5) is 23.1. The molecule has 0 aliphatic heterocycles. The van der Waals surface area contributed by atoms with E-state index >= 15 is 0 Å². The van der Waals surface area contributed by atoms with Gasteiger partial charge in [0, 0.05) is 36.3 Å². The number of anilines is 1. The van der Waals surface area contributed by atoms with Crippen LogP contribution < -0.4 is 16.6 Å². The summed E-state index contributed by atoms with van der Waals surface area (Å²) in [6, 6.07) is 2.83. The lowest BCUT2D eigenvalue weighted by molar-refractivity contribution is -0.121. The van der Waals surface area contributed by atoms with Gasteiger partial charge in [-0.25, -0.2) is 0 Å². The summed E-state index contributed by atoms with van der Waals surface area (Å²) in [6.07, 6.45) is 4.75. The van der Waals surface area contributed by atoms with Crippen LogP contribution in [0.25, 0.3) is 0 Å². The average Bonchev–Trinajstić information content (AvgIpc) is 2.84. The van der Waals surface area contributed by atoms with E-state index < -0.39 is 0 Å². The minimum absolute atomic E-state index is 0.0538. The van der Waals surface area contributed by atoms with Gasteiger partial charge in [-0.05, 0) is 6.07 Å². The van der Waals surface area contributed by atoms with E-state index in [0.29, 0.717) is 12.2 Å². The van der Waals surface area contributed by atoms with Crippen molar-refractivity contribution in [3.05, 3.63) is 46.6 Å². The number of nitrogens with zero attached hydrogens (tertiary/aromatic N) is 2. The number of hydrogen-bond acceptors (Lipinski definition) is 4. The molecule has 18 heavy (non-hydrogen) atoms. The van der Waals surface area contributed by atoms with E-state index in [9.17, 15) is 9.59 Å². The van der Waals surface area contributed by atoms with Crippen molar-refractivity contribution < 1.29 is 4.79 Å². The first-order valence-corrected chi connectivity index (χ1v) is 5.35. The largest absolute Gasteiger partial charge is 0.398 e. The lowest BCUT2D eigenvalue weighted by Crippen LogP contribution is -2.31. The average molecular weight is 247 g/mol. The molecular formula is C11H13N5O2. The van der Waals surface area contributed by atoms with Gasteiger partial charge in [0.1, 0.15) is 6.54 Å². The number of H-pyrrole nitrogens is 1. The number of aromatic nitrogens is 3. The van der Waals surface area contributed by atoms with E-state index in [1.54, 1.807) is 12.4 Å².